The zero-order chi connectivity index (χ0) is 15.8. The van der Waals surface area contributed by atoms with E-state index in [2.05, 4.69) is 40.1 Å². The van der Waals surface area contributed by atoms with Crippen LogP contribution in [0.5, 0.6) is 0 Å². The summed E-state index contributed by atoms with van der Waals surface area (Å²) in [5.41, 5.74) is 1.42. The van der Waals surface area contributed by atoms with Gasteiger partial charge in [0.05, 0.1) is 5.92 Å². The molecule has 1 unspecified atom stereocenters. The Morgan fingerprint density at radius 1 is 1.09 bits per heavy atom. The van der Waals surface area contributed by atoms with E-state index in [1.165, 1.54) is 31.5 Å². The van der Waals surface area contributed by atoms with Gasteiger partial charge < -0.3 is 10.0 Å². The van der Waals surface area contributed by atoms with Crippen LogP contribution in [0, 0.1) is 17.8 Å². The van der Waals surface area contributed by atoms with Crippen LogP contribution in [0.15, 0.2) is 30.3 Å². The summed E-state index contributed by atoms with van der Waals surface area (Å²) in [7, 11) is 0. The summed E-state index contributed by atoms with van der Waals surface area (Å²) in [5, 5.41) is 9.12. The Morgan fingerprint density at radius 3 is 2.35 bits per heavy atom. The van der Waals surface area contributed by atoms with Crippen molar-refractivity contribution in [1.82, 2.24) is 9.80 Å². The molecule has 0 radical (unpaired) electrons. The van der Waals surface area contributed by atoms with Gasteiger partial charge in [0.1, 0.15) is 0 Å². The van der Waals surface area contributed by atoms with Crippen LogP contribution in [0.4, 0.5) is 0 Å². The van der Waals surface area contributed by atoms with Crippen LogP contribution in [0.2, 0.25) is 0 Å². The molecule has 0 aromatic heterocycles. The fourth-order valence-electron chi connectivity index (χ4n) is 4.66. The Balaban J connectivity index is 1.19. The van der Waals surface area contributed by atoms with E-state index in [0.29, 0.717) is 17.9 Å². The van der Waals surface area contributed by atoms with E-state index in [1.54, 1.807) is 0 Å². The van der Waals surface area contributed by atoms with E-state index in [0.717, 1.165) is 26.1 Å². The first kappa shape index (κ1) is 15.2. The van der Waals surface area contributed by atoms with Crippen LogP contribution >= 0.6 is 0 Å². The fourth-order valence-corrected chi connectivity index (χ4v) is 4.66. The predicted molar refractivity (Wildman–Crippen MR) is 89.3 cm³/mol. The summed E-state index contributed by atoms with van der Waals surface area (Å²) >= 11 is 0. The van der Waals surface area contributed by atoms with Crippen molar-refractivity contribution in [2.24, 2.45) is 17.8 Å². The lowest BCUT2D eigenvalue weighted by atomic mass is 10.0. The predicted octanol–water partition coefficient (Wildman–Crippen LogP) is 1.96. The molecule has 1 saturated carbocycles. The lowest BCUT2D eigenvalue weighted by Gasteiger charge is -2.37. The fraction of sp³-hybridized carbons (Fsp3) is 0.632. The van der Waals surface area contributed by atoms with Crippen LogP contribution in [-0.4, -0.2) is 59.6 Å². The molecule has 2 aliphatic heterocycles. The van der Waals surface area contributed by atoms with Gasteiger partial charge in [-0.15, -0.1) is 0 Å². The first-order valence-electron chi connectivity index (χ1n) is 8.95. The highest BCUT2D eigenvalue weighted by Crippen LogP contribution is 2.52. The highest BCUT2D eigenvalue weighted by atomic mass is 16.4. The number of carboxylic acid groups (broad SMARTS) is 1. The Morgan fingerprint density at radius 2 is 1.74 bits per heavy atom. The van der Waals surface area contributed by atoms with Crippen molar-refractivity contribution < 1.29 is 9.90 Å². The van der Waals surface area contributed by atoms with Crippen LogP contribution in [0.1, 0.15) is 18.4 Å². The molecule has 23 heavy (non-hydrogen) atoms. The number of benzene rings is 1. The maximum Gasteiger partial charge on any atom is 0.307 e. The summed E-state index contributed by atoms with van der Waals surface area (Å²) in [6.45, 7) is 5.58. The highest BCUT2D eigenvalue weighted by Gasteiger charge is 2.60. The van der Waals surface area contributed by atoms with E-state index in [9.17, 15) is 4.79 Å². The monoisotopic (exact) mass is 314 g/mol. The number of carbonyl (C=O) groups is 1. The first-order valence-corrected chi connectivity index (χ1v) is 8.95. The Hall–Kier alpha value is -1.39. The lowest BCUT2D eigenvalue weighted by molar-refractivity contribution is -0.139. The van der Waals surface area contributed by atoms with E-state index < -0.39 is 5.97 Å². The number of nitrogens with zero attached hydrogens (tertiary/aromatic N) is 2. The summed E-state index contributed by atoms with van der Waals surface area (Å²) in [4.78, 5) is 16.2. The van der Waals surface area contributed by atoms with Crippen LogP contribution < -0.4 is 0 Å². The third-order valence-electron chi connectivity index (χ3n) is 6.14. The zero-order valence-corrected chi connectivity index (χ0v) is 13.6. The number of rotatable bonds is 5. The topological polar surface area (TPSA) is 43.8 Å². The molecule has 2 heterocycles. The maximum atomic E-state index is 11.1. The second kappa shape index (κ2) is 6.25. The number of likely N-dealkylation sites (tertiary alicyclic amines) is 2. The smallest absolute Gasteiger partial charge is 0.307 e. The number of aliphatic carboxylic acids is 1. The minimum absolute atomic E-state index is 0.0304. The van der Waals surface area contributed by atoms with Gasteiger partial charge in [0.25, 0.3) is 0 Å². The molecule has 4 nitrogen and oxygen atoms in total. The summed E-state index contributed by atoms with van der Waals surface area (Å²) < 4.78 is 0. The van der Waals surface area contributed by atoms with E-state index in [1.807, 2.05) is 0 Å². The van der Waals surface area contributed by atoms with E-state index in [-0.39, 0.29) is 5.92 Å². The molecule has 1 aliphatic carbocycles. The molecular formula is C19H26N2O2. The summed E-state index contributed by atoms with van der Waals surface area (Å²) in [5.74, 6) is 0.291. The molecular weight excluding hydrogens is 288 g/mol. The van der Waals surface area contributed by atoms with Gasteiger partial charge >= 0.3 is 5.97 Å². The maximum absolute atomic E-state index is 11.1. The van der Waals surface area contributed by atoms with Crippen molar-refractivity contribution >= 4 is 5.97 Å². The number of piperidine rings is 2. The third kappa shape index (κ3) is 3.15. The molecule has 3 aliphatic rings. The molecule has 1 N–H and O–H groups in total. The molecule has 4 rings (SSSR count). The zero-order valence-electron chi connectivity index (χ0n) is 13.6. The molecule has 0 bridgehead atoms. The molecule has 2 saturated heterocycles. The van der Waals surface area contributed by atoms with Gasteiger partial charge in [-0.25, -0.2) is 0 Å². The van der Waals surface area contributed by atoms with Crippen LogP contribution in [0.25, 0.3) is 0 Å². The Labute approximate surface area is 138 Å². The minimum Gasteiger partial charge on any atom is -0.481 e. The molecule has 0 spiro atoms. The highest BCUT2D eigenvalue weighted by molar-refractivity contribution is 5.74. The quantitative estimate of drug-likeness (QED) is 0.902. The van der Waals surface area contributed by atoms with Crippen molar-refractivity contribution in [3.63, 3.8) is 0 Å². The summed E-state index contributed by atoms with van der Waals surface area (Å²) in [6, 6.07) is 11.4. The normalized spacial score (nSPS) is 31.9. The average Bonchev–Trinajstić information content (AvgIpc) is 3.10. The van der Waals surface area contributed by atoms with Gasteiger partial charge in [0.2, 0.25) is 0 Å². The standard InChI is InChI=1S/C19H26N2O2/c22-19(23)18-16-12-21(13-17(16)18)15-7-10-20(11-8-15)9-6-14-4-2-1-3-5-14/h1-5,15-18H,6-13H2,(H,22,23)/t16-,17+,18?. The van der Waals surface area contributed by atoms with Crippen molar-refractivity contribution in [2.45, 2.75) is 25.3 Å². The van der Waals surface area contributed by atoms with Gasteiger partial charge in [0, 0.05) is 25.7 Å². The number of hydrogen-bond acceptors (Lipinski definition) is 3. The van der Waals surface area contributed by atoms with Crippen molar-refractivity contribution in [3.8, 4) is 0 Å². The molecule has 1 aromatic rings. The van der Waals surface area contributed by atoms with Crippen LogP contribution in [-0.2, 0) is 11.2 Å². The number of hydrogen-bond donors (Lipinski definition) is 1. The molecule has 3 atom stereocenters. The lowest BCUT2D eigenvalue weighted by Crippen LogP contribution is -2.45. The number of carboxylic acids is 1. The van der Waals surface area contributed by atoms with Gasteiger partial charge in [-0.3, -0.25) is 9.69 Å². The average molecular weight is 314 g/mol. The summed E-state index contributed by atoms with van der Waals surface area (Å²) in [6.07, 6.45) is 3.62. The number of fused-ring (bicyclic) bond motifs is 1. The molecule has 0 amide bonds. The van der Waals surface area contributed by atoms with Gasteiger partial charge in [-0.1, -0.05) is 30.3 Å². The molecule has 1 aromatic carbocycles. The first-order chi connectivity index (χ1) is 11.2. The molecule has 4 heteroatoms. The van der Waals surface area contributed by atoms with Crippen LogP contribution in [0.3, 0.4) is 0 Å². The van der Waals surface area contributed by atoms with Crippen molar-refractivity contribution in [1.29, 1.82) is 0 Å². The molecule has 124 valence electrons. The van der Waals surface area contributed by atoms with E-state index in [4.69, 9.17) is 5.11 Å². The van der Waals surface area contributed by atoms with Gasteiger partial charge in [-0.2, -0.15) is 0 Å². The third-order valence-corrected chi connectivity index (χ3v) is 6.14. The molecule has 3 fully saturated rings. The van der Waals surface area contributed by atoms with Crippen molar-refractivity contribution in [3.05, 3.63) is 35.9 Å². The van der Waals surface area contributed by atoms with Crippen molar-refractivity contribution in [2.75, 3.05) is 32.7 Å². The second-order valence-corrected chi connectivity index (χ2v) is 7.45. The SMILES string of the molecule is O=C(O)C1[C@H]2CN(C3CCN(CCc4ccccc4)CC3)C[C@@H]12. The minimum atomic E-state index is -0.574. The largest absolute Gasteiger partial charge is 0.481 e. The van der Waals surface area contributed by atoms with E-state index >= 15 is 0 Å². The Kier molecular flexibility index (Phi) is 4.12. The van der Waals surface area contributed by atoms with Gasteiger partial charge in [-0.05, 0) is 49.8 Å². The Bertz CT molecular complexity index is 542. The van der Waals surface area contributed by atoms with Gasteiger partial charge in [0.15, 0.2) is 0 Å². The second-order valence-electron chi connectivity index (χ2n) is 7.45.